The molecule has 0 aliphatic carbocycles. The molecule has 1 aromatic heterocycles. The number of carbonyl (C=O) groups excluding carboxylic acids is 1. The summed E-state index contributed by atoms with van der Waals surface area (Å²) in [6.45, 7) is 6.81. The molecule has 2 aliphatic heterocycles. The van der Waals surface area contributed by atoms with Crippen molar-refractivity contribution in [3.63, 3.8) is 0 Å². The van der Waals surface area contributed by atoms with E-state index in [0.29, 0.717) is 0 Å². The maximum atomic E-state index is 11.4. The fourth-order valence-electron chi connectivity index (χ4n) is 3.31. The lowest BCUT2D eigenvalue weighted by Gasteiger charge is -2.47. The summed E-state index contributed by atoms with van der Waals surface area (Å²) in [5.41, 5.74) is 1.04. The van der Waals surface area contributed by atoms with Crippen LogP contribution < -0.4 is 0 Å². The molecule has 0 atom stereocenters. The predicted molar refractivity (Wildman–Crippen MR) is 79.7 cm³/mol. The van der Waals surface area contributed by atoms with Crippen LogP contribution in [0, 0.1) is 0 Å². The van der Waals surface area contributed by atoms with Gasteiger partial charge < -0.3 is 9.64 Å². The minimum atomic E-state index is -0.0705. The minimum absolute atomic E-state index is 0.0705. The molecule has 0 N–H and O–H groups in total. The first-order valence-corrected chi connectivity index (χ1v) is 7.69. The van der Waals surface area contributed by atoms with Crippen molar-refractivity contribution in [3.05, 3.63) is 30.1 Å². The molecule has 0 bridgehead atoms. The maximum Gasteiger partial charge on any atom is 0.219 e. The molecule has 3 rings (SSSR count). The zero-order valence-electron chi connectivity index (χ0n) is 12.6. The third-order valence-corrected chi connectivity index (χ3v) is 4.56. The Balaban J connectivity index is 1.60. The summed E-state index contributed by atoms with van der Waals surface area (Å²) in [4.78, 5) is 20.2. The molecule has 1 spiro atoms. The van der Waals surface area contributed by atoms with E-state index in [9.17, 15) is 4.79 Å². The number of piperidine rings is 1. The lowest BCUT2D eigenvalue weighted by molar-refractivity contribution is -0.149. The van der Waals surface area contributed by atoms with Gasteiger partial charge in [-0.15, -0.1) is 0 Å². The number of morpholine rings is 1. The number of aromatic nitrogens is 1. The van der Waals surface area contributed by atoms with Crippen molar-refractivity contribution in [3.8, 4) is 0 Å². The van der Waals surface area contributed by atoms with Crippen LogP contribution in [0.5, 0.6) is 0 Å². The SMILES string of the molecule is CC(=O)N1CCC2(CC1)CN(Cc1ccccn1)CCO2. The number of nitrogens with zero attached hydrogens (tertiary/aromatic N) is 3. The highest BCUT2D eigenvalue weighted by Crippen LogP contribution is 2.30. The molecular weight excluding hydrogens is 266 g/mol. The molecule has 1 amide bonds. The molecule has 0 aromatic carbocycles. The van der Waals surface area contributed by atoms with Gasteiger partial charge in [0.25, 0.3) is 0 Å². The average Bonchev–Trinajstić information content (AvgIpc) is 2.49. The Morgan fingerprint density at radius 1 is 1.33 bits per heavy atom. The quantitative estimate of drug-likeness (QED) is 0.823. The van der Waals surface area contributed by atoms with Gasteiger partial charge in [-0.2, -0.15) is 0 Å². The maximum absolute atomic E-state index is 11.4. The van der Waals surface area contributed by atoms with Crippen molar-refractivity contribution < 1.29 is 9.53 Å². The Bertz CT molecular complexity index is 484. The van der Waals surface area contributed by atoms with E-state index < -0.39 is 0 Å². The lowest BCUT2D eigenvalue weighted by atomic mass is 9.89. The number of hydrogen-bond donors (Lipinski definition) is 0. The van der Waals surface area contributed by atoms with Crippen molar-refractivity contribution in [2.75, 3.05) is 32.8 Å². The second-order valence-electron chi connectivity index (χ2n) is 6.07. The van der Waals surface area contributed by atoms with Crippen LogP contribution in [0.1, 0.15) is 25.5 Å². The normalized spacial score (nSPS) is 22.4. The third-order valence-electron chi connectivity index (χ3n) is 4.56. The molecule has 2 aliphatic rings. The molecule has 5 heteroatoms. The van der Waals surface area contributed by atoms with Crippen molar-refractivity contribution in [2.24, 2.45) is 0 Å². The summed E-state index contributed by atoms with van der Waals surface area (Å²) in [6, 6.07) is 6.05. The molecule has 3 heterocycles. The number of hydrogen-bond acceptors (Lipinski definition) is 4. The second-order valence-corrected chi connectivity index (χ2v) is 6.07. The van der Waals surface area contributed by atoms with E-state index in [1.54, 1.807) is 6.92 Å². The molecule has 2 saturated heterocycles. The number of likely N-dealkylation sites (tertiary alicyclic amines) is 1. The van der Waals surface area contributed by atoms with Crippen molar-refractivity contribution in [1.29, 1.82) is 0 Å². The molecule has 5 nitrogen and oxygen atoms in total. The van der Waals surface area contributed by atoms with Crippen LogP contribution in [0.3, 0.4) is 0 Å². The van der Waals surface area contributed by atoms with E-state index in [2.05, 4.69) is 16.0 Å². The standard InChI is InChI=1S/C16H23N3O2/c1-14(20)19-8-5-16(6-9-19)13-18(10-11-21-16)12-15-4-2-3-7-17-15/h2-4,7H,5-6,8-13H2,1H3. The van der Waals surface area contributed by atoms with Crippen molar-refractivity contribution in [1.82, 2.24) is 14.8 Å². The molecule has 0 unspecified atom stereocenters. The average molecular weight is 289 g/mol. The zero-order chi connectivity index (χ0) is 14.7. The Morgan fingerprint density at radius 2 is 2.14 bits per heavy atom. The summed E-state index contributed by atoms with van der Waals surface area (Å²) in [5.74, 6) is 0.172. The van der Waals surface area contributed by atoms with Gasteiger partial charge in [0.2, 0.25) is 5.91 Å². The van der Waals surface area contributed by atoms with E-state index in [-0.39, 0.29) is 11.5 Å². The number of pyridine rings is 1. The number of amides is 1. The summed E-state index contributed by atoms with van der Waals surface area (Å²) < 4.78 is 6.10. The first kappa shape index (κ1) is 14.5. The Kier molecular flexibility index (Phi) is 4.22. The molecule has 1 aromatic rings. The Morgan fingerprint density at radius 3 is 2.81 bits per heavy atom. The van der Waals surface area contributed by atoms with E-state index >= 15 is 0 Å². The predicted octanol–water partition coefficient (Wildman–Crippen LogP) is 1.29. The highest BCUT2D eigenvalue weighted by molar-refractivity contribution is 5.73. The minimum Gasteiger partial charge on any atom is -0.372 e. The van der Waals surface area contributed by atoms with Crippen LogP contribution in [0.25, 0.3) is 0 Å². The molecule has 0 saturated carbocycles. The van der Waals surface area contributed by atoms with E-state index in [1.807, 2.05) is 23.2 Å². The van der Waals surface area contributed by atoms with Gasteiger partial charge in [0.15, 0.2) is 0 Å². The van der Waals surface area contributed by atoms with Gasteiger partial charge in [0.05, 0.1) is 17.9 Å². The lowest BCUT2D eigenvalue weighted by Crippen LogP contribution is -2.57. The smallest absolute Gasteiger partial charge is 0.219 e. The third kappa shape index (κ3) is 3.41. The van der Waals surface area contributed by atoms with Gasteiger partial charge in [-0.3, -0.25) is 14.7 Å². The van der Waals surface area contributed by atoms with Gasteiger partial charge in [-0.25, -0.2) is 0 Å². The van der Waals surface area contributed by atoms with E-state index in [1.165, 1.54) is 0 Å². The van der Waals surface area contributed by atoms with Crippen LogP contribution in [0.2, 0.25) is 0 Å². The molecule has 21 heavy (non-hydrogen) atoms. The van der Waals surface area contributed by atoms with Gasteiger partial charge in [-0.1, -0.05) is 6.07 Å². The first-order chi connectivity index (χ1) is 10.2. The van der Waals surface area contributed by atoms with Gasteiger partial charge in [-0.05, 0) is 25.0 Å². The highest BCUT2D eigenvalue weighted by Gasteiger charge is 2.40. The fraction of sp³-hybridized carbons (Fsp3) is 0.625. The zero-order valence-corrected chi connectivity index (χ0v) is 12.6. The number of carbonyl (C=O) groups is 1. The van der Waals surface area contributed by atoms with Crippen LogP contribution in [0.4, 0.5) is 0 Å². The van der Waals surface area contributed by atoms with Crippen LogP contribution >= 0.6 is 0 Å². The largest absolute Gasteiger partial charge is 0.372 e. The van der Waals surface area contributed by atoms with E-state index in [4.69, 9.17) is 4.74 Å². The van der Waals surface area contributed by atoms with Gasteiger partial charge in [0, 0.05) is 45.8 Å². The van der Waals surface area contributed by atoms with Gasteiger partial charge >= 0.3 is 0 Å². The van der Waals surface area contributed by atoms with Gasteiger partial charge in [0.1, 0.15) is 0 Å². The monoisotopic (exact) mass is 289 g/mol. The summed E-state index contributed by atoms with van der Waals surface area (Å²) in [5, 5.41) is 0. The number of rotatable bonds is 2. The highest BCUT2D eigenvalue weighted by atomic mass is 16.5. The van der Waals surface area contributed by atoms with Crippen LogP contribution in [-0.4, -0.2) is 59.1 Å². The number of ether oxygens (including phenoxy) is 1. The second kappa shape index (κ2) is 6.12. The molecule has 2 fully saturated rings. The van der Waals surface area contributed by atoms with E-state index in [0.717, 1.165) is 57.9 Å². The first-order valence-electron chi connectivity index (χ1n) is 7.69. The molecule has 0 radical (unpaired) electrons. The fourth-order valence-corrected chi connectivity index (χ4v) is 3.31. The molecular formula is C16H23N3O2. The molecule has 114 valence electrons. The Hall–Kier alpha value is -1.46. The Labute approximate surface area is 125 Å². The topological polar surface area (TPSA) is 45.7 Å². The summed E-state index contributed by atoms with van der Waals surface area (Å²) in [6.07, 6.45) is 3.72. The van der Waals surface area contributed by atoms with Crippen molar-refractivity contribution in [2.45, 2.75) is 31.9 Å². The summed E-state index contributed by atoms with van der Waals surface area (Å²) in [7, 11) is 0. The summed E-state index contributed by atoms with van der Waals surface area (Å²) >= 11 is 0. The van der Waals surface area contributed by atoms with Crippen LogP contribution in [-0.2, 0) is 16.1 Å². The van der Waals surface area contributed by atoms with Crippen LogP contribution in [0.15, 0.2) is 24.4 Å². The van der Waals surface area contributed by atoms with Crippen molar-refractivity contribution >= 4 is 5.91 Å².